The van der Waals surface area contributed by atoms with Crippen LogP contribution < -0.4 is 10.6 Å². The Bertz CT molecular complexity index is 625. The molecule has 0 aliphatic carbocycles. The van der Waals surface area contributed by atoms with Crippen LogP contribution in [0.2, 0.25) is 0 Å². The minimum atomic E-state index is 0.673. The van der Waals surface area contributed by atoms with Crippen LogP contribution >= 0.6 is 0 Å². The first-order valence-corrected chi connectivity index (χ1v) is 9.11. The Morgan fingerprint density at radius 2 is 1.76 bits per heavy atom. The number of hydrogen-bond donors (Lipinski definition) is 2. The molecule has 0 unspecified atom stereocenters. The van der Waals surface area contributed by atoms with E-state index in [0.717, 1.165) is 49.6 Å². The summed E-state index contributed by atoms with van der Waals surface area (Å²) in [6.45, 7) is 7.29. The predicted octanol–water partition coefficient (Wildman–Crippen LogP) is 3.97. The molecule has 2 aromatic rings. The SMILES string of the molecule is CC(C)CCNc1cc(-c2ccccc2)nc(NCCCN(C)C)n1. The maximum atomic E-state index is 4.69. The Labute approximate surface area is 151 Å². The summed E-state index contributed by atoms with van der Waals surface area (Å²) >= 11 is 0. The van der Waals surface area contributed by atoms with Crippen molar-refractivity contribution < 1.29 is 0 Å². The number of anilines is 2. The highest BCUT2D eigenvalue weighted by molar-refractivity contribution is 5.64. The van der Waals surface area contributed by atoms with Crippen molar-refractivity contribution in [3.05, 3.63) is 36.4 Å². The minimum absolute atomic E-state index is 0.673. The Kier molecular flexibility index (Phi) is 7.67. The van der Waals surface area contributed by atoms with Crippen molar-refractivity contribution in [2.75, 3.05) is 44.4 Å². The molecule has 0 aliphatic heterocycles. The molecule has 25 heavy (non-hydrogen) atoms. The zero-order chi connectivity index (χ0) is 18.1. The molecule has 0 atom stereocenters. The Hall–Kier alpha value is -2.14. The smallest absolute Gasteiger partial charge is 0.225 e. The van der Waals surface area contributed by atoms with Crippen LogP contribution in [0.25, 0.3) is 11.3 Å². The Morgan fingerprint density at radius 3 is 2.44 bits per heavy atom. The highest BCUT2D eigenvalue weighted by atomic mass is 15.1. The third kappa shape index (κ3) is 7.10. The first-order valence-electron chi connectivity index (χ1n) is 9.11. The molecule has 1 aromatic heterocycles. The van der Waals surface area contributed by atoms with Crippen LogP contribution in [0.4, 0.5) is 11.8 Å². The van der Waals surface area contributed by atoms with Gasteiger partial charge < -0.3 is 15.5 Å². The van der Waals surface area contributed by atoms with Gasteiger partial charge in [-0.15, -0.1) is 0 Å². The van der Waals surface area contributed by atoms with Gasteiger partial charge in [-0.2, -0.15) is 4.98 Å². The van der Waals surface area contributed by atoms with Gasteiger partial charge in [0.05, 0.1) is 5.69 Å². The molecule has 0 saturated carbocycles. The van der Waals surface area contributed by atoms with Gasteiger partial charge in [-0.1, -0.05) is 44.2 Å². The number of nitrogens with zero attached hydrogens (tertiary/aromatic N) is 3. The summed E-state index contributed by atoms with van der Waals surface area (Å²) in [6, 6.07) is 12.3. The van der Waals surface area contributed by atoms with E-state index in [1.165, 1.54) is 0 Å². The zero-order valence-corrected chi connectivity index (χ0v) is 15.9. The summed E-state index contributed by atoms with van der Waals surface area (Å²) in [7, 11) is 4.17. The number of aromatic nitrogens is 2. The summed E-state index contributed by atoms with van der Waals surface area (Å²) in [5, 5.41) is 6.80. The zero-order valence-electron chi connectivity index (χ0n) is 15.9. The minimum Gasteiger partial charge on any atom is -0.370 e. The van der Waals surface area contributed by atoms with E-state index < -0.39 is 0 Å². The average Bonchev–Trinajstić information content (AvgIpc) is 2.59. The number of hydrogen-bond acceptors (Lipinski definition) is 5. The van der Waals surface area contributed by atoms with Gasteiger partial charge in [-0.3, -0.25) is 0 Å². The number of nitrogens with one attached hydrogen (secondary N) is 2. The van der Waals surface area contributed by atoms with Crippen LogP contribution in [0, 0.1) is 5.92 Å². The molecule has 2 N–H and O–H groups in total. The van der Waals surface area contributed by atoms with E-state index in [4.69, 9.17) is 0 Å². The normalized spacial score (nSPS) is 11.1. The molecule has 0 saturated heterocycles. The molecule has 136 valence electrons. The van der Waals surface area contributed by atoms with E-state index in [0.29, 0.717) is 11.9 Å². The molecule has 0 bridgehead atoms. The van der Waals surface area contributed by atoms with Crippen LogP contribution in [0.5, 0.6) is 0 Å². The van der Waals surface area contributed by atoms with E-state index in [1.54, 1.807) is 0 Å². The van der Waals surface area contributed by atoms with E-state index in [9.17, 15) is 0 Å². The van der Waals surface area contributed by atoms with Gasteiger partial charge in [0.1, 0.15) is 5.82 Å². The van der Waals surface area contributed by atoms with Crippen molar-refractivity contribution in [2.45, 2.75) is 26.7 Å². The van der Waals surface area contributed by atoms with E-state index in [-0.39, 0.29) is 0 Å². The maximum Gasteiger partial charge on any atom is 0.225 e. The van der Waals surface area contributed by atoms with Gasteiger partial charge in [0.2, 0.25) is 5.95 Å². The average molecular weight is 342 g/mol. The molecule has 5 heteroatoms. The van der Waals surface area contributed by atoms with E-state index >= 15 is 0 Å². The molecule has 0 radical (unpaired) electrons. The topological polar surface area (TPSA) is 53.1 Å². The largest absolute Gasteiger partial charge is 0.370 e. The maximum absolute atomic E-state index is 4.69. The monoisotopic (exact) mass is 341 g/mol. The molecule has 0 amide bonds. The molecule has 1 aromatic carbocycles. The fourth-order valence-electron chi connectivity index (χ4n) is 2.46. The van der Waals surface area contributed by atoms with Gasteiger partial charge in [0, 0.05) is 24.7 Å². The van der Waals surface area contributed by atoms with Crippen molar-refractivity contribution in [3.8, 4) is 11.3 Å². The van der Waals surface area contributed by atoms with Crippen molar-refractivity contribution in [1.82, 2.24) is 14.9 Å². The van der Waals surface area contributed by atoms with Crippen LogP contribution in [0.3, 0.4) is 0 Å². The van der Waals surface area contributed by atoms with Crippen molar-refractivity contribution in [3.63, 3.8) is 0 Å². The number of benzene rings is 1. The van der Waals surface area contributed by atoms with Crippen molar-refractivity contribution in [1.29, 1.82) is 0 Å². The third-order valence-corrected chi connectivity index (χ3v) is 3.89. The molecule has 5 nitrogen and oxygen atoms in total. The highest BCUT2D eigenvalue weighted by Gasteiger charge is 2.07. The van der Waals surface area contributed by atoms with Crippen molar-refractivity contribution >= 4 is 11.8 Å². The van der Waals surface area contributed by atoms with Crippen LogP contribution in [0.1, 0.15) is 26.7 Å². The van der Waals surface area contributed by atoms with Gasteiger partial charge in [-0.05, 0) is 39.4 Å². The van der Waals surface area contributed by atoms with Gasteiger partial charge in [0.25, 0.3) is 0 Å². The lowest BCUT2D eigenvalue weighted by Gasteiger charge is -2.13. The quantitative estimate of drug-likeness (QED) is 0.641. The Morgan fingerprint density at radius 1 is 1.00 bits per heavy atom. The van der Waals surface area contributed by atoms with Crippen LogP contribution in [0.15, 0.2) is 36.4 Å². The molecule has 0 fully saturated rings. The molecular weight excluding hydrogens is 310 g/mol. The molecular formula is C20H31N5. The molecule has 2 rings (SSSR count). The van der Waals surface area contributed by atoms with Crippen LogP contribution in [-0.4, -0.2) is 48.6 Å². The molecule has 1 heterocycles. The lowest BCUT2D eigenvalue weighted by molar-refractivity contribution is 0.405. The first kappa shape index (κ1) is 19.2. The summed E-state index contributed by atoms with van der Waals surface area (Å²) in [5.74, 6) is 2.24. The van der Waals surface area contributed by atoms with E-state index in [2.05, 4.69) is 65.6 Å². The lowest BCUT2D eigenvalue weighted by Crippen LogP contribution is -2.17. The lowest BCUT2D eigenvalue weighted by atomic mass is 10.1. The molecule has 0 spiro atoms. The third-order valence-electron chi connectivity index (χ3n) is 3.89. The highest BCUT2D eigenvalue weighted by Crippen LogP contribution is 2.21. The second kappa shape index (κ2) is 9.99. The first-order chi connectivity index (χ1) is 12.0. The fraction of sp³-hybridized carbons (Fsp3) is 0.500. The predicted molar refractivity (Wildman–Crippen MR) is 107 cm³/mol. The van der Waals surface area contributed by atoms with E-state index in [1.807, 2.05) is 24.3 Å². The summed E-state index contributed by atoms with van der Waals surface area (Å²) in [6.07, 6.45) is 2.18. The Balaban J connectivity index is 2.10. The second-order valence-corrected chi connectivity index (χ2v) is 7.02. The van der Waals surface area contributed by atoms with Gasteiger partial charge >= 0.3 is 0 Å². The second-order valence-electron chi connectivity index (χ2n) is 7.02. The molecule has 0 aliphatic rings. The summed E-state index contributed by atoms with van der Waals surface area (Å²) in [4.78, 5) is 11.5. The number of rotatable bonds is 10. The standard InChI is InChI=1S/C20H31N5/c1-16(2)11-13-21-19-15-18(17-9-6-5-7-10-17)23-20(24-19)22-12-8-14-25(3)4/h5-7,9-10,15-16H,8,11-14H2,1-4H3,(H2,21,22,23,24). The van der Waals surface area contributed by atoms with Gasteiger partial charge in [-0.25, -0.2) is 4.98 Å². The van der Waals surface area contributed by atoms with Crippen LogP contribution in [-0.2, 0) is 0 Å². The summed E-state index contributed by atoms with van der Waals surface area (Å²) < 4.78 is 0. The summed E-state index contributed by atoms with van der Waals surface area (Å²) in [5.41, 5.74) is 2.05. The van der Waals surface area contributed by atoms with Gasteiger partial charge in [0.15, 0.2) is 0 Å². The van der Waals surface area contributed by atoms with Crippen molar-refractivity contribution in [2.24, 2.45) is 5.92 Å². The fourth-order valence-corrected chi connectivity index (χ4v) is 2.46.